The number of hydrogen-bond donors (Lipinski definition) is 1. The largest absolute Gasteiger partial charge is 0.496 e. The van der Waals surface area contributed by atoms with Gasteiger partial charge >= 0.3 is 0 Å². The molecule has 1 aromatic heterocycles. The van der Waals surface area contributed by atoms with Crippen molar-refractivity contribution < 1.29 is 14.0 Å². The maximum absolute atomic E-state index is 5.60. The van der Waals surface area contributed by atoms with E-state index in [9.17, 15) is 0 Å². The van der Waals surface area contributed by atoms with E-state index in [-0.39, 0.29) is 6.10 Å². The normalized spacial score (nSPS) is 19.0. The van der Waals surface area contributed by atoms with Crippen molar-refractivity contribution in [2.24, 2.45) is 0 Å². The van der Waals surface area contributed by atoms with Gasteiger partial charge in [-0.3, -0.25) is 0 Å². The maximum Gasteiger partial charge on any atom is 0.261 e. The number of morpholine rings is 1. The van der Waals surface area contributed by atoms with Gasteiger partial charge in [-0.2, -0.15) is 4.98 Å². The number of benzene rings is 1. The van der Waals surface area contributed by atoms with E-state index in [0.29, 0.717) is 30.6 Å². The van der Waals surface area contributed by atoms with Crippen LogP contribution in [0.15, 0.2) is 27.2 Å². The zero-order chi connectivity index (χ0) is 13.9. The summed E-state index contributed by atoms with van der Waals surface area (Å²) in [6.07, 6.45) is -0.164. The number of methoxy groups -OCH3 is 1. The van der Waals surface area contributed by atoms with Gasteiger partial charge in [0.15, 0.2) is 0 Å². The van der Waals surface area contributed by atoms with Gasteiger partial charge in [0.1, 0.15) is 11.9 Å². The zero-order valence-electron chi connectivity index (χ0n) is 10.9. The van der Waals surface area contributed by atoms with Crippen molar-refractivity contribution in [3.63, 3.8) is 0 Å². The SMILES string of the molecule is COc1cc(Br)ccc1-c1nc(C2CNCCO2)no1. The van der Waals surface area contributed by atoms with Gasteiger partial charge in [-0.15, -0.1) is 0 Å². The summed E-state index contributed by atoms with van der Waals surface area (Å²) in [6.45, 7) is 2.19. The van der Waals surface area contributed by atoms with Crippen LogP contribution in [-0.2, 0) is 4.74 Å². The number of halogens is 1. The molecule has 0 bridgehead atoms. The first kappa shape index (κ1) is 13.5. The Morgan fingerprint density at radius 1 is 1.45 bits per heavy atom. The van der Waals surface area contributed by atoms with Gasteiger partial charge in [0.05, 0.1) is 19.3 Å². The summed E-state index contributed by atoms with van der Waals surface area (Å²) in [5.41, 5.74) is 0.762. The molecule has 0 amide bonds. The number of hydrogen-bond acceptors (Lipinski definition) is 6. The highest BCUT2D eigenvalue weighted by atomic mass is 79.9. The van der Waals surface area contributed by atoms with Crippen LogP contribution in [-0.4, -0.2) is 36.9 Å². The van der Waals surface area contributed by atoms with Crippen LogP contribution in [0.4, 0.5) is 0 Å². The van der Waals surface area contributed by atoms with Gasteiger partial charge in [0.25, 0.3) is 5.89 Å². The molecule has 2 heterocycles. The average Bonchev–Trinajstić information content (AvgIpc) is 2.97. The Morgan fingerprint density at radius 2 is 2.35 bits per heavy atom. The van der Waals surface area contributed by atoms with Gasteiger partial charge in [-0.1, -0.05) is 21.1 Å². The second-order valence-corrected chi connectivity index (χ2v) is 5.28. The molecule has 1 aliphatic rings. The number of nitrogens with zero attached hydrogens (tertiary/aromatic N) is 2. The molecule has 2 aromatic rings. The van der Waals surface area contributed by atoms with E-state index in [1.165, 1.54) is 0 Å². The second kappa shape index (κ2) is 5.90. The molecule has 6 nitrogen and oxygen atoms in total. The van der Waals surface area contributed by atoms with Crippen molar-refractivity contribution in [3.05, 3.63) is 28.5 Å². The molecule has 20 heavy (non-hydrogen) atoms. The summed E-state index contributed by atoms with van der Waals surface area (Å²) in [6, 6.07) is 5.64. The summed E-state index contributed by atoms with van der Waals surface area (Å²) >= 11 is 3.40. The molecule has 1 N–H and O–H groups in total. The lowest BCUT2D eigenvalue weighted by atomic mass is 10.2. The minimum Gasteiger partial charge on any atom is -0.496 e. The molecule has 0 saturated carbocycles. The van der Waals surface area contributed by atoms with Crippen molar-refractivity contribution in [2.45, 2.75) is 6.10 Å². The third-order valence-corrected chi connectivity index (χ3v) is 3.54. The molecule has 1 saturated heterocycles. The fraction of sp³-hybridized carbons (Fsp3) is 0.385. The van der Waals surface area contributed by atoms with Crippen LogP contribution < -0.4 is 10.1 Å². The monoisotopic (exact) mass is 339 g/mol. The Labute approximate surface area is 124 Å². The van der Waals surface area contributed by atoms with Crippen molar-refractivity contribution in [1.29, 1.82) is 0 Å². The molecular weight excluding hydrogens is 326 g/mol. The van der Waals surface area contributed by atoms with Crippen LogP contribution in [0.5, 0.6) is 5.75 Å². The molecule has 7 heteroatoms. The summed E-state index contributed by atoms with van der Waals surface area (Å²) < 4.78 is 17.2. The van der Waals surface area contributed by atoms with Crippen LogP contribution in [0.1, 0.15) is 11.9 Å². The van der Waals surface area contributed by atoms with Gasteiger partial charge in [-0.05, 0) is 18.2 Å². The van der Waals surface area contributed by atoms with E-state index >= 15 is 0 Å². The molecule has 106 valence electrons. The van der Waals surface area contributed by atoms with Gasteiger partial charge < -0.3 is 19.3 Å². The Morgan fingerprint density at radius 3 is 3.10 bits per heavy atom. The lowest BCUT2D eigenvalue weighted by Gasteiger charge is -2.20. The molecule has 0 spiro atoms. The van der Waals surface area contributed by atoms with E-state index in [4.69, 9.17) is 14.0 Å². The molecule has 1 fully saturated rings. The van der Waals surface area contributed by atoms with E-state index in [1.54, 1.807) is 7.11 Å². The molecule has 3 rings (SSSR count). The fourth-order valence-electron chi connectivity index (χ4n) is 2.05. The van der Waals surface area contributed by atoms with Crippen LogP contribution in [0.25, 0.3) is 11.5 Å². The Kier molecular flexibility index (Phi) is 4.00. The van der Waals surface area contributed by atoms with Gasteiger partial charge in [-0.25, -0.2) is 0 Å². The standard InChI is InChI=1S/C13H14BrN3O3/c1-18-10-6-8(14)2-3-9(10)13-16-12(17-20-13)11-7-15-4-5-19-11/h2-3,6,11,15H,4-5,7H2,1H3. The Balaban J connectivity index is 1.89. The van der Waals surface area contributed by atoms with Crippen molar-refractivity contribution in [1.82, 2.24) is 15.5 Å². The molecule has 0 radical (unpaired) electrons. The van der Waals surface area contributed by atoms with Gasteiger partial charge in [0, 0.05) is 17.6 Å². The summed E-state index contributed by atoms with van der Waals surface area (Å²) in [5.74, 6) is 1.66. The van der Waals surface area contributed by atoms with E-state index in [1.807, 2.05) is 18.2 Å². The quantitative estimate of drug-likeness (QED) is 0.924. The lowest BCUT2D eigenvalue weighted by Crippen LogP contribution is -2.33. The minimum atomic E-state index is -0.164. The molecule has 1 atom stereocenters. The highest BCUT2D eigenvalue weighted by Gasteiger charge is 2.23. The molecule has 0 aliphatic carbocycles. The second-order valence-electron chi connectivity index (χ2n) is 4.37. The first-order valence-electron chi connectivity index (χ1n) is 6.28. The van der Waals surface area contributed by atoms with E-state index in [2.05, 4.69) is 31.4 Å². The summed E-state index contributed by atoms with van der Waals surface area (Å²) in [7, 11) is 1.61. The molecule has 1 aliphatic heterocycles. The highest BCUT2D eigenvalue weighted by Crippen LogP contribution is 2.32. The minimum absolute atomic E-state index is 0.164. The van der Waals surface area contributed by atoms with Crippen molar-refractivity contribution >= 4 is 15.9 Å². The van der Waals surface area contributed by atoms with Crippen LogP contribution in [0.3, 0.4) is 0 Å². The molecular formula is C13H14BrN3O3. The lowest BCUT2D eigenvalue weighted by molar-refractivity contribution is 0.0208. The molecule has 1 unspecified atom stereocenters. The predicted molar refractivity (Wildman–Crippen MR) is 75.5 cm³/mol. The smallest absolute Gasteiger partial charge is 0.261 e. The van der Waals surface area contributed by atoms with Gasteiger partial charge in [0.2, 0.25) is 5.82 Å². The van der Waals surface area contributed by atoms with E-state index < -0.39 is 0 Å². The Hall–Kier alpha value is -1.44. The average molecular weight is 340 g/mol. The van der Waals surface area contributed by atoms with E-state index in [0.717, 1.165) is 16.6 Å². The summed E-state index contributed by atoms with van der Waals surface area (Å²) in [4.78, 5) is 4.40. The fourth-order valence-corrected chi connectivity index (χ4v) is 2.39. The van der Waals surface area contributed by atoms with Crippen LogP contribution in [0, 0.1) is 0 Å². The van der Waals surface area contributed by atoms with Crippen LogP contribution in [0.2, 0.25) is 0 Å². The Bertz CT molecular complexity index is 596. The number of nitrogens with one attached hydrogen (secondary N) is 1. The van der Waals surface area contributed by atoms with Crippen LogP contribution >= 0.6 is 15.9 Å². The zero-order valence-corrected chi connectivity index (χ0v) is 12.5. The maximum atomic E-state index is 5.60. The highest BCUT2D eigenvalue weighted by molar-refractivity contribution is 9.10. The summed E-state index contributed by atoms with van der Waals surface area (Å²) in [5, 5.41) is 7.23. The number of rotatable bonds is 3. The number of aromatic nitrogens is 2. The van der Waals surface area contributed by atoms with Crippen molar-refractivity contribution in [3.8, 4) is 17.2 Å². The molecule has 1 aromatic carbocycles. The topological polar surface area (TPSA) is 69.4 Å². The third-order valence-electron chi connectivity index (χ3n) is 3.05. The number of ether oxygens (including phenoxy) is 2. The first-order valence-corrected chi connectivity index (χ1v) is 7.07. The third kappa shape index (κ3) is 2.70. The first-order chi connectivity index (χ1) is 9.78. The van der Waals surface area contributed by atoms with Crippen molar-refractivity contribution in [2.75, 3.05) is 26.8 Å². The predicted octanol–water partition coefficient (Wildman–Crippen LogP) is 2.17.